The van der Waals surface area contributed by atoms with Crippen LogP contribution in [0.5, 0.6) is 11.5 Å². The predicted molar refractivity (Wildman–Crippen MR) is 103 cm³/mol. The fraction of sp³-hybridized carbons (Fsp3) is 0. The van der Waals surface area contributed by atoms with Crippen LogP contribution in [0.4, 0.5) is 15.8 Å². The first-order valence-corrected chi connectivity index (χ1v) is 8.17. The summed E-state index contributed by atoms with van der Waals surface area (Å²) in [5.74, 6) is -0.0245. The summed E-state index contributed by atoms with van der Waals surface area (Å²) < 4.78 is 25.1. The molecule has 0 aliphatic carbocycles. The first-order chi connectivity index (χ1) is 13.0. The molecule has 0 aliphatic heterocycles. The van der Waals surface area contributed by atoms with E-state index in [2.05, 4.69) is 0 Å². The van der Waals surface area contributed by atoms with E-state index in [0.717, 1.165) is 0 Å². The van der Waals surface area contributed by atoms with Crippen LogP contribution in [0.3, 0.4) is 0 Å². The summed E-state index contributed by atoms with van der Waals surface area (Å²) in [5.41, 5.74) is 13.0. The van der Waals surface area contributed by atoms with Gasteiger partial charge in [0.2, 0.25) is 11.2 Å². The predicted octanol–water partition coefficient (Wildman–Crippen LogP) is 4.56. The van der Waals surface area contributed by atoms with Gasteiger partial charge in [0.05, 0.1) is 11.1 Å². The van der Waals surface area contributed by atoms with E-state index in [1.165, 1.54) is 30.3 Å². The summed E-state index contributed by atoms with van der Waals surface area (Å²) in [7, 11) is 0. The van der Waals surface area contributed by atoms with Crippen molar-refractivity contribution >= 4 is 22.3 Å². The zero-order valence-electron chi connectivity index (χ0n) is 14.1. The van der Waals surface area contributed by atoms with E-state index < -0.39 is 5.82 Å². The van der Waals surface area contributed by atoms with E-state index in [9.17, 15) is 9.18 Å². The van der Waals surface area contributed by atoms with Crippen molar-refractivity contribution in [3.05, 3.63) is 82.8 Å². The van der Waals surface area contributed by atoms with Gasteiger partial charge in [-0.05, 0) is 48.5 Å². The molecule has 5 nitrogen and oxygen atoms in total. The number of fused-ring (bicyclic) bond motifs is 1. The summed E-state index contributed by atoms with van der Waals surface area (Å²) in [5, 5.41) is 0.362. The Bertz CT molecular complexity index is 1200. The van der Waals surface area contributed by atoms with Crippen LogP contribution in [0, 0.1) is 5.82 Å². The highest BCUT2D eigenvalue weighted by molar-refractivity contribution is 5.82. The Morgan fingerprint density at radius 2 is 1.67 bits per heavy atom. The van der Waals surface area contributed by atoms with Crippen molar-refractivity contribution in [3.8, 4) is 22.8 Å². The van der Waals surface area contributed by atoms with Gasteiger partial charge < -0.3 is 20.6 Å². The lowest BCUT2D eigenvalue weighted by Gasteiger charge is -2.13. The van der Waals surface area contributed by atoms with E-state index >= 15 is 0 Å². The van der Waals surface area contributed by atoms with Crippen LogP contribution in [0.2, 0.25) is 0 Å². The summed E-state index contributed by atoms with van der Waals surface area (Å²) in [6, 6.07) is 17.1. The van der Waals surface area contributed by atoms with Crippen LogP contribution in [0.15, 0.2) is 75.9 Å². The molecule has 3 aromatic carbocycles. The van der Waals surface area contributed by atoms with Crippen LogP contribution in [0.25, 0.3) is 22.3 Å². The van der Waals surface area contributed by atoms with Crippen LogP contribution in [-0.2, 0) is 0 Å². The molecule has 0 radical (unpaired) electrons. The van der Waals surface area contributed by atoms with Gasteiger partial charge in [-0.2, -0.15) is 0 Å². The number of para-hydroxylation sites is 1. The van der Waals surface area contributed by atoms with Gasteiger partial charge in [0, 0.05) is 17.3 Å². The molecule has 1 heterocycles. The Morgan fingerprint density at radius 3 is 2.44 bits per heavy atom. The zero-order chi connectivity index (χ0) is 19.0. The lowest BCUT2D eigenvalue weighted by molar-refractivity contribution is 0.460. The molecule has 0 unspecified atom stereocenters. The minimum atomic E-state index is -0.399. The Hall–Kier alpha value is -3.80. The molecule has 4 N–H and O–H groups in total. The Morgan fingerprint density at radius 1 is 0.926 bits per heavy atom. The van der Waals surface area contributed by atoms with Crippen molar-refractivity contribution in [2.24, 2.45) is 0 Å². The van der Waals surface area contributed by atoms with Gasteiger partial charge in [0.1, 0.15) is 11.4 Å². The van der Waals surface area contributed by atoms with Gasteiger partial charge >= 0.3 is 0 Å². The lowest BCUT2D eigenvalue weighted by Crippen LogP contribution is -2.08. The molecule has 1 aromatic heterocycles. The van der Waals surface area contributed by atoms with E-state index in [4.69, 9.17) is 20.6 Å². The number of nitrogens with two attached hydrogens (primary N) is 2. The summed E-state index contributed by atoms with van der Waals surface area (Å²) in [6.45, 7) is 0. The number of ether oxygens (including phenoxy) is 1. The van der Waals surface area contributed by atoms with Crippen molar-refractivity contribution in [1.29, 1.82) is 0 Å². The van der Waals surface area contributed by atoms with Crippen LogP contribution >= 0.6 is 0 Å². The third-order valence-electron chi connectivity index (χ3n) is 4.11. The van der Waals surface area contributed by atoms with E-state index in [-0.39, 0.29) is 22.7 Å². The maximum Gasteiger partial charge on any atom is 0.235 e. The van der Waals surface area contributed by atoms with Gasteiger partial charge in [0.25, 0.3) is 0 Å². The first kappa shape index (κ1) is 16.7. The molecule has 0 spiro atoms. The molecular formula is C21H15FN2O3. The molecule has 27 heavy (non-hydrogen) atoms. The molecule has 0 bridgehead atoms. The number of benzene rings is 3. The average molecular weight is 362 g/mol. The van der Waals surface area contributed by atoms with Crippen molar-refractivity contribution < 1.29 is 13.5 Å². The van der Waals surface area contributed by atoms with Gasteiger partial charge in [-0.15, -0.1) is 0 Å². The van der Waals surface area contributed by atoms with Crippen LogP contribution in [0.1, 0.15) is 0 Å². The fourth-order valence-corrected chi connectivity index (χ4v) is 2.76. The third-order valence-corrected chi connectivity index (χ3v) is 4.11. The lowest BCUT2D eigenvalue weighted by atomic mass is 10.1. The number of anilines is 2. The largest absolute Gasteiger partial charge is 0.452 e. The molecule has 134 valence electrons. The first-order valence-electron chi connectivity index (χ1n) is 8.17. The Labute approximate surface area is 153 Å². The number of rotatable bonds is 3. The SMILES string of the molecule is Nc1ccc(N)c(Oc2c(-c3ccc(F)cc3)oc3ccccc3c2=O)c1. The second-order valence-corrected chi connectivity index (χ2v) is 5.99. The maximum atomic E-state index is 13.3. The Kier molecular flexibility index (Phi) is 4.01. The van der Waals surface area contributed by atoms with Crippen molar-refractivity contribution in [1.82, 2.24) is 0 Å². The molecule has 0 fully saturated rings. The smallest absolute Gasteiger partial charge is 0.235 e. The van der Waals surface area contributed by atoms with Crippen molar-refractivity contribution in [2.75, 3.05) is 11.5 Å². The molecule has 0 saturated heterocycles. The maximum absolute atomic E-state index is 13.3. The van der Waals surface area contributed by atoms with Gasteiger partial charge in [-0.1, -0.05) is 12.1 Å². The molecule has 0 atom stereocenters. The average Bonchev–Trinajstić information content (AvgIpc) is 2.67. The normalized spacial score (nSPS) is 10.9. The molecule has 0 aliphatic rings. The second-order valence-electron chi connectivity index (χ2n) is 5.99. The molecular weight excluding hydrogens is 347 g/mol. The van der Waals surface area contributed by atoms with Crippen molar-refractivity contribution in [2.45, 2.75) is 0 Å². The van der Waals surface area contributed by atoms with Crippen LogP contribution < -0.4 is 21.6 Å². The van der Waals surface area contributed by atoms with Crippen LogP contribution in [-0.4, -0.2) is 0 Å². The van der Waals surface area contributed by atoms with Gasteiger partial charge in [0.15, 0.2) is 11.5 Å². The quantitative estimate of drug-likeness (QED) is 0.522. The zero-order valence-corrected chi connectivity index (χ0v) is 14.1. The van der Waals surface area contributed by atoms with E-state index in [1.54, 1.807) is 36.4 Å². The highest BCUT2D eigenvalue weighted by atomic mass is 19.1. The highest BCUT2D eigenvalue weighted by Gasteiger charge is 2.19. The summed E-state index contributed by atoms with van der Waals surface area (Å²) >= 11 is 0. The Balaban J connectivity index is 1.97. The van der Waals surface area contributed by atoms with Gasteiger partial charge in [-0.25, -0.2) is 4.39 Å². The molecule has 0 saturated carbocycles. The minimum Gasteiger partial charge on any atom is -0.452 e. The standard InChI is InChI=1S/C21H15FN2O3/c22-13-7-5-12(6-8-13)20-21(27-18-11-14(23)9-10-16(18)24)19(25)15-3-1-2-4-17(15)26-20/h1-11H,23-24H2. The van der Waals surface area contributed by atoms with E-state index in [0.29, 0.717) is 27.9 Å². The minimum absolute atomic E-state index is 0.0439. The third kappa shape index (κ3) is 3.08. The summed E-state index contributed by atoms with van der Waals surface area (Å²) in [6.07, 6.45) is 0. The van der Waals surface area contributed by atoms with Gasteiger partial charge in [-0.3, -0.25) is 4.79 Å². The number of hydrogen-bond donors (Lipinski definition) is 2. The molecule has 0 amide bonds. The molecule has 4 rings (SSSR count). The fourth-order valence-electron chi connectivity index (χ4n) is 2.76. The highest BCUT2D eigenvalue weighted by Crippen LogP contribution is 2.36. The monoisotopic (exact) mass is 362 g/mol. The molecule has 4 aromatic rings. The topological polar surface area (TPSA) is 91.5 Å². The summed E-state index contributed by atoms with van der Waals surface area (Å²) in [4.78, 5) is 13.1. The van der Waals surface area contributed by atoms with Crippen molar-refractivity contribution in [3.63, 3.8) is 0 Å². The number of hydrogen-bond acceptors (Lipinski definition) is 5. The number of halogens is 1. The number of nitrogen functional groups attached to an aromatic ring is 2. The second kappa shape index (κ2) is 6.49. The van der Waals surface area contributed by atoms with E-state index in [1.807, 2.05) is 0 Å². The molecule has 6 heteroatoms.